The zero-order valence-electron chi connectivity index (χ0n) is 6.21. The molecule has 1 aliphatic heterocycles. The van der Waals surface area contributed by atoms with E-state index in [0.717, 1.165) is 0 Å². The lowest BCUT2D eigenvalue weighted by molar-refractivity contribution is 0.500. The molecule has 1 fully saturated rings. The minimum Gasteiger partial charge on any atom is -0.372 e. The quantitative estimate of drug-likeness (QED) is 0.536. The Morgan fingerprint density at radius 2 is 2.10 bits per heavy atom. The maximum atomic E-state index is 4.38. The van der Waals surface area contributed by atoms with Gasteiger partial charge < -0.3 is 5.32 Å². The first-order chi connectivity index (χ1) is 4.97. The maximum absolute atomic E-state index is 4.38. The Bertz CT molecular complexity index is 142. The first kappa shape index (κ1) is 6.20. The number of hydrogen-bond donors (Lipinski definition) is 1. The van der Waals surface area contributed by atoms with E-state index in [9.17, 15) is 0 Å². The molecule has 0 saturated heterocycles. The van der Waals surface area contributed by atoms with Gasteiger partial charge in [-0.15, -0.1) is 0 Å². The highest BCUT2D eigenvalue weighted by Gasteiger charge is 2.24. The van der Waals surface area contributed by atoms with Crippen LogP contribution in [-0.4, -0.2) is 18.4 Å². The van der Waals surface area contributed by atoms with Gasteiger partial charge >= 0.3 is 0 Å². The Kier molecular flexibility index (Phi) is 1.61. The van der Waals surface area contributed by atoms with Crippen LogP contribution in [0.1, 0.15) is 32.1 Å². The molecule has 56 valence electrons. The van der Waals surface area contributed by atoms with Gasteiger partial charge in [0.25, 0.3) is 0 Å². The molecule has 2 heteroatoms. The molecule has 2 rings (SSSR count). The van der Waals surface area contributed by atoms with E-state index in [1.165, 1.54) is 32.1 Å². The first-order valence-corrected chi connectivity index (χ1v) is 4.24. The molecule has 1 heterocycles. The fourth-order valence-electron chi connectivity index (χ4n) is 1.90. The third kappa shape index (κ3) is 1.02. The van der Waals surface area contributed by atoms with Gasteiger partial charge in [-0.3, -0.25) is 4.99 Å². The largest absolute Gasteiger partial charge is 0.372 e. The molecule has 0 radical (unpaired) electrons. The molecule has 2 nitrogen and oxygen atoms in total. The van der Waals surface area contributed by atoms with Gasteiger partial charge in [-0.1, -0.05) is 19.3 Å². The van der Waals surface area contributed by atoms with Gasteiger partial charge in [-0.25, -0.2) is 0 Å². The van der Waals surface area contributed by atoms with E-state index in [2.05, 4.69) is 10.3 Å². The lowest BCUT2D eigenvalue weighted by Gasteiger charge is -2.13. The number of hydrogen-bond acceptors (Lipinski definition) is 2. The maximum Gasteiger partial charge on any atom is 0.0831 e. The summed E-state index contributed by atoms with van der Waals surface area (Å²) in [5.41, 5.74) is 0. The van der Waals surface area contributed by atoms with Crippen molar-refractivity contribution in [1.29, 1.82) is 0 Å². The highest BCUT2D eigenvalue weighted by atomic mass is 15.1. The average Bonchev–Trinajstić information content (AvgIpc) is 2.28. The molecule has 1 saturated carbocycles. The van der Waals surface area contributed by atoms with E-state index in [4.69, 9.17) is 0 Å². The SMILES string of the molecule is C1=NC2CCCCCC2N1. The van der Waals surface area contributed by atoms with Gasteiger partial charge in [0.15, 0.2) is 0 Å². The van der Waals surface area contributed by atoms with Gasteiger partial charge in [0.2, 0.25) is 0 Å². The average molecular weight is 138 g/mol. The van der Waals surface area contributed by atoms with Crippen LogP contribution in [0.3, 0.4) is 0 Å². The van der Waals surface area contributed by atoms with Crippen molar-refractivity contribution < 1.29 is 0 Å². The highest BCUT2D eigenvalue weighted by molar-refractivity contribution is 5.58. The first-order valence-electron chi connectivity index (χ1n) is 4.24. The van der Waals surface area contributed by atoms with Crippen molar-refractivity contribution in [2.75, 3.05) is 0 Å². The molecular weight excluding hydrogens is 124 g/mol. The normalized spacial score (nSPS) is 38.4. The van der Waals surface area contributed by atoms with Crippen LogP contribution in [-0.2, 0) is 0 Å². The summed E-state index contributed by atoms with van der Waals surface area (Å²) >= 11 is 0. The molecule has 2 unspecified atom stereocenters. The summed E-state index contributed by atoms with van der Waals surface area (Å²) in [4.78, 5) is 4.38. The van der Waals surface area contributed by atoms with Crippen LogP contribution in [0.2, 0.25) is 0 Å². The molecule has 0 aromatic carbocycles. The smallest absolute Gasteiger partial charge is 0.0831 e. The lowest BCUT2D eigenvalue weighted by atomic mass is 10.1. The third-order valence-electron chi connectivity index (χ3n) is 2.53. The van der Waals surface area contributed by atoms with Crippen molar-refractivity contribution in [1.82, 2.24) is 5.32 Å². The third-order valence-corrected chi connectivity index (χ3v) is 2.53. The molecule has 10 heavy (non-hydrogen) atoms. The highest BCUT2D eigenvalue weighted by Crippen LogP contribution is 2.22. The molecule has 1 aliphatic carbocycles. The fraction of sp³-hybridized carbons (Fsp3) is 0.875. The summed E-state index contributed by atoms with van der Waals surface area (Å²) in [5, 5.41) is 3.31. The fourth-order valence-corrected chi connectivity index (χ4v) is 1.90. The van der Waals surface area contributed by atoms with Crippen molar-refractivity contribution in [2.24, 2.45) is 4.99 Å². The number of nitrogens with zero attached hydrogens (tertiary/aromatic N) is 1. The standard InChI is InChI=1S/C8H14N2/c1-2-4-7-8(5-3-1)10-6-9-7/h6-8H,1-5H2,(H,9,10). The monoisotopic (exact) mass is 138 g/mol. The van der Waals surface area contributed by atoms with Gasteiger partial charge in [-0.2, -0.15) is 0 Å². The Balaban J connectivity index is 2.00. The second kappa shape index (κ2) is 2.60. The van der Waals surface area contributed by atoms with Gasteiger partial charge in [0.1, 0.15) is 0 Å². The zero-order chi connectivity index (χ0) is 6.81. The van der Waals surface area contributed by atoms with Crippen molar-refractivity contribution in [3.63, 3.8) is 0 Å². The van der Waals surface area contributed by atoms with Crippen LogP contribution in [0.15, 0.2) is 4.99 Å². The van der Waals surface area contributed by atoms with Crippen LogP contribution < -0.4 is 5.32 Å². The lowest BCUT2D eigenvalue weighted by Crippen LogP contribution is -2.30. The summed E-state index contributed by atoms with van der Waals surface area (Å²) in [6.07, 6.45) is 8.68. The van der Waals surface area contributed by atoms with Crippen molar-refractivity contribution >= 4 is 6.34 Å². The van der Waals surface area contributed by atoms with Crippen molar-refractivity contribution in [2.45, 2.75) is 44.2 Å². The second-order valence-corrected chi connectivity index (χ2v) is 3.26. The van der Waals surface area contributed by atoms with E-state index < -0.39 is 0 Å². The van der Waals surface area contributed by atoms with E-state index in [1.54, 1.807) is 0 Å². The molecule has 0 aromatic rings. The molecule has 2 aliphatic rings. The molecule has 0 aromatic heterocycles. The minimum absolute atomic E-state index is 0.613. The number of nitrogens with one attached hydrogen (secondary N) is 1. The molecule has 0 bridgehead atoms. The van der Waals surface area contributed by atoms with Crippen molar-refractivity contribution in [3.8, 4) is 0 Å². The van der Waals surface area contributed by atoms with Crippen molar-refractivity contribution in [3.05, 3.63) is 0 Å². The number of rotatable bonds is 0. The van der Waals surface area contributed by atoms with Crippen LogP contribution in [0.4, 0.5) is 0 Å². The van der Waals surface area contributed by atoms with E-state index >= 15 is 0 Å². The predicted molar refractivity (Wildman–Crippen MR) is 42.3 cm³/mol. The summed E-state index contributed by atoms with van der Waals surface area (Å²) in [5.74, 6) is 0. The summed E-state index contributed by atoms with van der Waals surface area (Å²) in [6.45, 7) is 0. The van der Waals surface area contributed by atoms with Gasteiger partial charge in [-0.05, 0) is 12.8 Å². The van der Waals surface area contributed by atoms with Crippen LogP contribution in [0, 0.1) is 0 Å². The van der Waals surface area contributed by atoms with E-state index in [-0.39, 0.29) is 0 Å². The molecule has 0 spiro atoms. The van der Waals surface area contributed by atoms with Gasteiger partial charge in [0, 0.05) is 6.04 Å². The molecular formula is C8H14N2. The number of aliphatic imine (C=N–C) groups is 1. The zero-order valence-corrected chi connectivity index (χ0v) is 6.21. The topological polar surface area (TPSA) is 24.4 Å². The van der Waals surface area contributed by atoms with Crippen LogP contribution >= 0.6 is 0 Å². The Labute approximate surface area is 61.7 Å². The summed E-state index contributed by atoms with van der Waals surface area (Å²) < 4.78 is 0. The Hall–Kier alpha value is -0.530. The summed E-state index contributed by atoms with van der Waals surface area (Å²) in [6, 6.07) is 1.30. The summed E-state index contributed by atoms with van der Waals surface area (Å²) in [7, 11) is 0. The predicted octanol–water partition coefficient (Wildman–Crippen LogP) is 1.32. The number of fused-ring (bicyclic) bond motifs is 1. The Morgan fingerprint density at radius 3 is 3.10 bits per heavy atom. The van der Waals surface area contributed by atoms with E-state index in [1.807, 2.05) is 6.34 Å². The van der Waals surface area contributed by atoms with Gasteiger partial charge in [0.05, 0.1) is 12.4 Å². The molecule has 1 N–H and O–H groups in total. The van der Waals surface area contributed by atoms with Crippen LogP contribution in [0.25, 0.3) is 0 Å². The molecule has 2 atom stereocenters. The second-order valence-electron chi connectivity index (χ2n) is 3.26. The Morgan fingerprint density at radius 1 is 1.20 bits per heavy atom. The van der Waals surface area contributed by atoms with E-state index in [0.29, 0.717) is 12.1 Å². The van der Waals surface area contributed by atoms with Crippen LogP contribution in [0.5, 0.6) is 0 Å². The molecule has 0 amide bonds. The minimum atomic E-state index is 0.613.